The first-order valence-corrected chi connectivity index (χ1v) is 7.26. The normalized spacial score (nSPS) is 11.8. The van der Waals surface area contributed by atoms with Crippen molar-refractivity contribution in [2.24, 2.45) is 0 Å². The Kier molecular flexibility index (Phi) is 5.20. The van der Waals surface area contributed by atoms with E-state index in [1.54, 1.807) is 0 Å². The summed E-state index contributed by atoms with van der Waals surface area (Å²) in [5.41, 5.74) is 0.219. The minimum Gasteiger partial charge on any atom is -0.447 e. The van der Waals surface area contributed by atoms with Crippen LogP contribution in [0.4, 0.5) is 10.1 Å². The van der Waals surface area contributed by atoms with Gasteiger partial charge in [0.2, 0.25) is 5.76 Å². The molecule has 0 unspecified atom stereocenters. The molecule has 116 valence electrons. The zero-order valence-electron chi connectivity index (χ0n) is 11.2. The topological polar surface area (TPSA) is 68.5 Å². The van der Waals surface area contributed by atoms with Gasteiger partial charge in [-0.05, 0) is 53.2 Å². The number of nitrogens with one attached hydrogen (secondary N) is 1. The van der Waals surface area contributed by atoms with Gasteiger partial charge in [0.15, 0.2) is 10.8 Å². The molecule has 1 heterocycles. The molecule has 2 rings (SSSR count). The van der Waals surface area contributed by atoms with Crippen LogP contribution in [-0.4, -0.2) is 18.0 Å². The van der Waals surface area contributed by atoms with Crippen molar-refractivity contribution >= 4 is 45.1 Å². The van der Waals surface area contributed by atoms with Gasteiger partial charge in [-0.25, -0.2) is 9.18 Å². The van der Waals surface area contributed by atoms with Crippen LogP contribution in [0.1, 0.15) is 17.5 Å². The van der Waals surface area contributed by atoms with Gasteiger partial charge in [0.25, 0.3) is 5.91 Å². The highest BCUT2D eigenvalue weighted by Crippen LogP contribution is 2.23. The number of furan rings is 1. The number of rotatable bonds is 4. The van der Waals surface area contributed by atoms with Crippen LogP contribution < -0.4 is 5.32 Å². The summed E-state index contributed by atoms with van der Waals surface area (Å²) in [4.78, 5) is 23.7. The van der Waals surface area contributed by atoms with Crippen LogP contribution in [0.15, 0.2) is 39.4 Å². The third kappa shape index (κ3) is 4.08. The number of amides is 1. The number of halogens is 3. The van der Waals surface area contributed by atoms with E-state index in [4.69, 9.17) is 20.8 Å². The van der Waals surface area contributed by atoms with Crippen molar-refractivity contribution in [3.05, 3.63) is 51.6 Å². The zero-order chi connectivity index (χ0) is 16.3. The average molecular weight is 391 g/mol. The third-order valence-electron chi connectivity index (χ3n) is 2.62. The molecule has 5 nitrogen and oxygen atoms in total. The van der Waals surface area contributed by atoms with E-state index >= 15 is 0 Å². The molecule has 0 aliphatic heterocycles. The van der Waals surface area contributed by atoms with E-state index in [1.165, 1.54) is 25.1 Å². The number of benzene rings is 1. The van der Waals surface area contributed by atoms with Crippen molar-refractivity contribution in [3.63, 3.8) is 0 Å². The van der Waals surface area contributed by atoms with E-state index in [9.17, 15) is 14.0 Å². The van der Waals surface area contributed by atoms with E-state index in [-0.39, 0.29) is 16.5 Å². The molecular weight excluding hydrogens is 381 g/mol. The van der Waals surface area contributed by atoms with E-state index < -0.39 is 23.8 Å². The molecule has 2 aromatic rings. The lowest BCUT2D eigenvalue weighted by molar-refractivity contribution is -0.123. The van der Waals surface area contributed by atoms with Gasteiger partial charge in [0.05, 0.1) is 10.7 Å². The van der Waals surface area contributed by atoms with Crippen LogP contribution in [0.5, 0.6) is 0 Å². The van der Waals surface area contributed by atoms with Crippen LogP contribution in [0.25, 0.3) is 0 Å². The second-order valence-corrected chi connectivity index (χ2v) is 5.45. The number of carbonyl (C=O) groups excluding carboxylic acids is 2. The summed E-state index contributed by atoms with van der Waals surface area (Å²) < 4.78 is 23.3. The maximum absolute atomic E-state index is 12.9. The first kappa shape index (κ1) is 16.5. The van der Waals surface area contributed by atoms with Crippen LogP contribution in [-0.2, 0) is 9.53 Å². The summed E-state index contributed by atoms with van der Waals surface area (Å²) in [6.07, 6.45) is -1.09. The Morgan fingerprint density at radius 1 is 1.36 bits per heavy atom. The van der Waals surface area contributed by atoms with Crippen molar-refractivity contribution in [2.45, 2.75) is 13.0 Å². The fourth-order valence-electron chi connectivity index (χ4n) is 1.52. The molecule has 0 radical (unpaired) electrons. The Morgan fingerprint density at radius 2 is 2.09 bits per heavy atom. The number of hydrogen-bond acceptors (Lipinski definition) is 4. The maximum Gasteiger partial charge on any atom is 0.375 e. The molecule has 1 aromatic carbocycles. The van der Waals surface area contributed by atoms with Crippen molar-refractivity contribution in [1.29, 1.82) is 0 Å². The number of anilines is 1. The summed E-state index contributed by atoms with van der Waals surface area (Å²) in [7, 11) is 0. The van der Waals surface area contributed by atoms with Crippen molar-refractivity contribution in [3.8, 4) is 0 Å². The molecule has 0 saturated heterocycles. The minimum atomic E-state index is -1.09. The molecule has 0 fully saturated rings. The SMILES string of the molecule is C[C@H](OC(=O)c1ccc(Br)o1)C(=O)Nc1ccc(F)cc1Cl. The first-order chi connectivity index (χ1) is 10.4. The van der Waals surface area contributed by atoms with Crippen LogP contribution in [0, 0.1) is 5.82 Å². The minimum absolute atomic E-state index is 0.0358. The third-order valence-corrected chi connectivity index (χ3v) is 3.36. The maximum atomic E-state index is 12.9. The quantitative estimate of drug-likeness (QED) is 0.801. The summed E-state index contributed by atoms with van der Waals surface area (Å²) in [5, 5.41) is 2.49. The van der Waals surface area contributed by atoms with Gasteiger partial charge in [0, 0.05) is 0 Å². The van der Waals surface area contributed by atoms with Gasteiger partial charge in [-0.15, -0.1) is 0 Å². The molecule has 0 bridgehead atoms. The smallest absolute Gasteiger partial charge is 0.375 e. The highest BCUT2D eigenvalue weighted by molar-refractivity contribution is 9.10. The van der Waals surface area contributed by atoms with E-state index in [0.717, 1.165) is 12.1 Å². The van der Waals surface area contributed by atoms with Gasteiger partial charge in [-0.1, -0.05) is 11.6 Å². The highest BCUT2D eigenvalue weighted by atomic mass is 79.9. The predicted octanol–water partition coefficient (Wildman–Crippen LogP) is 4.02. The molecule has 22 heavy (non-hydrogen) atoms. The Morgan fingerprint density at radius 3 is 2.68 bits per heavy atom. The standard InChI is InChI=1S/C14H10BrClFNO4/c1-7(21-14(20)11-4-5-12(15)22-11)13(19)18-10-3-2-8(17)6-9(10)16/h2-7H,1H3,(H,18,19)/t7-/m0/s1. The summed E-state index contributed by atoms with van der Waals surface area (Å²) in [6.45, 7) is 1.39. The fraction of sp³-hybridized carbons (Fsp3) is 0.143. The highest BCUT2D eigenvalue weighted by Gasteiger charge is 2.21. The second-order valence-electron chi connectivity index (χ2n) is 4.26. The molecule has 0 aliphatic carbocycles. The van der Waals surface area contributed by atoms with Crippen molar-refractivity contribution in [2.75, 3.05) is 5.32 Å². The fourth-order valence-corrected chi connectivity index (χ4v) is 2.04. The monoisotopic (exact) mass is 389 g/mol. The zero-order valence-corrected chi connectivity index (χ0v) is 13.6. The van der Waals surface area contributed by atoms with Gasteiger partial charge in [-0.3, -0.25) is 4.79 Å². The van der Waals surface area contributed by atoms with Crippen LogP contribution >= 0.6 is 27.5 Å². The van der Waals surface area contributed by atoms with Gasteiger partial charge >= 0.3 is 5.97 Å². The largest absolute Gasteiger partial charge is 0.447 e. The van der Waals surface area contributed by atoms with Gasteiger partial charge in [-0.2, -0.15) is 0 Å². The second kappa shape index (κ2) is 6.93. The molecule has 0 saturated carbocycles. The number of hydrogen-bond donors (Lipinski definition) is 1. The molecule has 1 atom stereocenters. The summed E-state index contributed by atoms with van der Waals surface area (Å²) in [6, 6.07) is 6.47. The molecule has 0 spiro atoms. The lowest BCUT2D eigenvalue weighted by atomic mass is 10.3. The Balaban J connectivity index is 1.98. The number of carbonyl (C=O) groups is 2. The first-order valence-electron chi connectivity index (χ1n) is 6.09. The van der Waals surface area contributed by atoms with E-state index in [1.807, 2.05) is 0 Å². The average Bonchev–Trinajstić information content (AvgIpc) is 2.88. The van der Waals surface area contributed by atoms with Crippen molar-refractivity contribution in [1.82, 2.24) is 0 Å². The van der Waals surface area contributed by atoms with Crippen LogP contribution in [0.3, 0.4) is 0 Å². The summed E-state index contributed by atoms with van der Waals surface area (Å²) >= 11 is 8.85. The molecule has 1 N–H and O–H groups in total. The lowest BCUT2D eigenvalue weighted by Gasteiger charge is -2.13. The van der Waals surface area contributed by atoms with E-state index in [0.29, 0.717) is 4.67 Å². The van der Waals surface area contributed by atoms with Crippen LogP contribution in [0.2, 0.25) is 5.02 Å². The molecular formula is C14H10BrClFNO4. The summed E-state index contributed by atoms with van der Waals surface area (Å²) in [5.74, 6) is -1.94. The molecule has 8 heteroatoms. The lowest BCUT2D eigenvalue weighted by Crippen LogP contribution is -2.30. The van der Waals surface area contributed by atoms with Gasteiger partial charge in [0.1, 0.15) is 5.82 Å². The van der Waals surface area contributed by atoms with E-state index in [2.05, 4.69) is 21.2 Å². The van der Waals surface area contributed by atoms with Gasteiger partial charge < -0.3 is 14.5 Å². The molecule has 1 amide bonds. The number of esters is 1. The Bertz CT molecular complexity index is 719. The number of ether oxygens (including phenoxy) is 1. The van der Waals surface area contributed by atoms with Crippen molar-refractivity contribution < 1.29 is 23.1 Å². The predicted molar refractivity (Wildman–Crippen MR) is 81.3 cm³/mol. The Hall–Kier alpha value is -1.86. The molecule has 1 aromatic heterocycles. The molecule has 0 aliphatic rings. The Labute approximate surface area is 138 Å².